The lowest BCUT2D eigenvalue weighted by Crippen LogP contribution is -2.12. The summed E-state index contributed by atoms with van der Waals surface area (Å²) in [5.74, 6) is 5.24. The molecule has 0 aliphatic rings. The number of thiophene rings is 1. The number of nitriles is 1. The first-order valence-corrected chi connectivity index (χ1v) is 7.19. The smallest absolute Gasteiger partial charge is 0.267 e. The number of hydrogen-bond donors (Lipinski definition) is 2. The predicted octanol–water partition coefficient (Wildman–Crippen LogP) is 2.84. The topological polar surface area (TPSA) is 78.9 Å². The summed E-state index contributed by atoms with van der Waals surface area (Å²) in [6, 6.07) is 8.44. The lowest BCUT2D eigenvalue weighted by molar-refractivity contribution is 0.103. The van der Waals surface area contributed by atoms with Crippen LogP contribution in [0.25, 0.3) is 0 Å². The SMILES string of the molecule is N#Cc1ccc(Cl)c(NC(=O)c2sccc2C#CCN)c1. The van der Waals surface area contributed by atoms with Crippen molar-refractivity contribution in [3.63, 3.8) is 0 Å². The van der Waals surface area contributed by atoms with Crippen LogP contribution in [-0.4, -0.2) is 12.5 Å². The van der Waals surface area contributed by atoms with Crippen LogP contribution in [0.4, 0.5) is 5.69 Å². The molecule has 104 valence electrons. The summed E-state index contributed by atoms with van der Waals surface area (Å²) in [6.07, 6.45) is 0. The molecule has 0 atom stereocenters. The number of hydrogen-bond acceptors (Lipinski definition) is 4. The van der Waals surface area contributed by atoms with E-state index in [1.54, 1.807) is 23.6 Å². The second-order valence-corrected chi connectivity index (χ2v) is 5.25. The average Bonchev–Trinajstić information content (AvgIpc) is 2.95. The second kappa shape index (κ2) is 6.92. The Morgan fingerprint density at radius 2 is 2.24 bits per heavy atom. The van der Waals surface area contributed by atoms with E-state index in [0.717, 1.165) is 0 Å². The molecule has 0 aliphatic heterocycles. The quantitative estimate of drug-likeness (QED) is 0.836. The Morgan fingerprint density at radius 1 is 1.43 bits per heavy atom. The van der Waals surface area contributed by atoms with Crippen LogP contribution in [0.1, 0.15) is 20.8 Å². The number of nitrogens with one attached hydrogen (secondary N) is 1. The van der Waals surface area contributed by atoms with Gasteiger partial charge in [-0.3, -0.25) is 4.79 Å². The standard InChI is InChI=1S/C15H10ClN3OS/c16-12-4-3-10(9-18)8-13(12)19-15(20)14-11(2-1-6-17)5-7-21-14/h3-5,7-8H,6,17H2,(H,19,20). The number of nitrogens with two attached hydrogens (primary N) is 1. The van der Waals surface area contributed by atoms with Crippen molar-refractivity contribution >= 4 is 34.5 Å². The van der Waals surface area contributed by atoms with Crippen molar-refractivity contribution in [2.45, 2.75) is 0 Å². The third kappa shape index (κ3) is 3.62. The van der Waals surface area contributed by atoms with Gasteiger partial charge < -0.3 is 11.1 Å². The monoisotopic (exact) mass is 315 g/mol. The molecule has 6 heteroatoms. The Balaban J connectivity index is 2.27. The highest BCUT2D eigenvalue weighted by Crippen LogP contribution is 2.25. The van der Waals surface area contributed by atoms with E-state index in [2.05, 4.69) is 17.2 Å². The third-order valence-corrected chi connectivity index (χ3v) is 3.78. The number of amides is 1. The Morgan fingerprint density at radius 3 is 2.95 bits per heavy atom. The van der Waals surface area contributed by atoms with Crippen molar-refractivity contribution < 1.29 is 4.79 Å². The molecule has 2 aromatic rings. The summed E-state index contributed by atoms with van der Waals surface area (Å²) < 4.78 is 0. The molecule has 0 saturated carbocycles. The molecule has 1 heterocycles. The van der Waals surface area contributed by atoms with Crippen LogP contribution in [0.2, 0.25) is 5.02 Å². The number of carbonyl (C=O) groups is 1. The van der Waals surface area contributed by atoms with Gasteiger partial charge in [-0.2, -0.15) is 5.26 Å². The van der Waals surface area contributed by atoms with Crippen molar-refractivity contribution in [3.05, 3.63) is 50.7 Å². The maximum atomic E-state index is 12.3. The number of benzene rings is 1. The molecule has 1 aromatic heterocycles. The fourth-order valence-corrected chi connectivity index (χ4v) is 2.51. The maximum absolute atomic E-state index is 12.3. The van der Waals surface area contributed by atoms with E-state index in [0.29, 0.717) is 26.7 Å². The van der Waals surface area contributed by atoms with Gasteiger partial charge in [-0.05, 0) is 29.6 Å². The second-order valence-electron chi connectivity index (χ2n) is 3.93. The molecular formula is C15H10ClN3OS. The third-order valence-electron chi connectivity index (χ3n) is 2.54. The van der Waals surface area contributed by atoms with Gasteiger partial charge in [-0.25, -0.2) is 0 Å². The van der Waals surface area contributed by atoms with Crippen molar-refractivity contribution in [1.29, 1.82) is 5.26 Å². The molecule has 0 radical (unpaired) electrons. The number of anilines is 1. The Kier molecular flexibility index (Phi) is 4.97. The van der Waals surface area contributed by atoms with Gasteiger partial charge in [0.1, 0.15) is 4.88 Å². The van der Waals surface area contributed by atoms with E-state index in [1.807, 2.05) is 6.07 Å². The molecule has 2 rings (SSSR count). The average molecular weight is 316 g/mol. The summed E-state index contributed by atoms with van der Waals surface area (Å²) in [7, 11) is 0. The zero-order valence-electron chi connectivity index (χ0n) is 10.8. The zero-order valence-corrected chi connectivity index (χ0v) is 12.4. The zero-order chi connectivity index (χ0) is 15.2. The first-order chi connectivity index (χ1) is 10.2. The molecule has 0 bridgehead atoms. The van der Waals surface area contributed by atoms with E-state index in [-0.39, 0.29) is 12.5 Å². The van der Waals surface area contributed by atoms with Gasteiger partial charge in [-0.1, -0.05) is 23.4 Å². The van der Waals surface area contributed by atoms with Crippen LogP contribution in [0.3, 0.4) is 0 Å². The number of nitrogens with zero attached hydrogens (tertiary/aromatic N) is 1. The molecule has 4 nitrogen and oxygen atoms in total. The summed E-state index contributed by atoms with van der Waals surface area (Å²) in [4.78, 5) is 12.8. The minimum absolute atomic E-state index is 0.229. The highest BCUT2D eigenvalue weighted by molar-refractivity contribution is 7.12. The molecule has 1 aromatic carbocycles. The molecule has 0 fully saturated rings. The molecule has 0 spiro atoms. The van der Waals surface area contributed by atoms with Crippen molar-refractivity contribution in [2.75, 3.05) is 11.9 Å². The molecule has 1 amide bonds. The fraction of sp³-hybridized carbons (Fsp3) is 0.0667. The molecule has 0 saturated heterocycles. The van der Waals surface area contributed by atoms with E-state index in [9.17, 15) is 4.79 Å². The Bertz CT molecular complexity index is 780. The van der Waals surface area contributed by atoms with Gasteiger partial charge in [-0.15, -0.1) is 11.3 Å². The van der Waals surface area contributed by atoms with Crippen LogP contribution in [0.5, 0.6) is 0 Å². The van der Waals surface area contributed by atoms with Crippen molar-refractivity contribution in [3.8, 4) is 17.9 Å². The predicted molar refractivity (Wildman–Crippen MR) is 84.4 cm³/mol. The largest absolute Gasteiger partial charge is 0.320 e. The normalized spacial score (nSPS) is 9.38. The van der Waals surface area contributed by atoms with Crippen molar-refractivity contribution in [2.24, 2.45) is 5.73 Å². The molecule has 0 aliphatic carbocycles. The Labute approximate surface area is 131 Å². The van der Waals surface area contributed by atoms with Gasteiger partial charge in [0, 0.05) is 5.56 Å². The van der Waals surface area contributed by atoms with Gasteiger partial charge >= 0.3 is 0 Å². The minimum Gasteiger partial charge on any atom is -0.320 e. The van der Waals surface area contributed by atoms with Crippen LogP contribution in [0.15, 0.2) is 29.6 Å². The van der Waals surface area contributed by atoms with E-state index in [4.69, 9.17) is 22.6 Å². The molecule has 3 N–H and O–H groups in total. The van der Waals surface area contributed by atoms with E-state index in [1.165, 1.54) is 17.4 Å². The first-order valence-electron chi connectivity index (χ1n) is 5.93. The van der Waals surface area contributed by atoms with Crippen LogP contribution in [-0.2, 0) is 0 Å². The summed E-state index contributed by atoms with van der Waals surface area (Å²) in [6.45, 7) is 0.229. The summed E-state index contributed by atoms with van der Waals surface area (Å²) >= 11 is 7.30. The fourth-order valence-electron chi connectivity index (χ4n) is 1.60. The molecular weight excluding hydrogens is 306 g/mol. The van der Waals surface area contributed by atoms with Crippen LogP contribution < -0.4 is 11.1 Å². The van der Waals surface area contributed by atoms with E-state index >= 15 is 0 Å². The lowest BCUT2D eigenvalue weighted by atomic mass is 10.2. The summed E-state index contributed by atoms with van der Waals surface area (Å²) in [5, 5.41) is 13.7. The van der Waals surface area contributed by atoms with Gasteiger partial charge in [0.2, 0.25) is 0 Å². The van der Waals surface area contributed by atoms with Gasteiger partial charge in [0.25, 0.3) is 5.91 Å². The van der Waals surface area contributed by atoms with Crippen LogP contribution in [0, 0.1) is 23.2 Å². The maximum Gasteiger partial charge on any atom is 0.267 e. The Hall–Kier alpha value is -2.31. The van der Waals surface area contributed by atoms with Gasteiger partial charge in [0.15, 0.2) is 0 Å². The first kappa shape index (κ1) is 15.1. The van der Waals surface area contributed by atoms with Crippen LogP contribution >= 0.6 is 22.9 Å². The highest BCUT2D eigenvalue weighted by Gasteiger charge is 2.14. The summed E-state index contributed by atoms with van der Waals surface area (Å²) in [5.41, 5.74) is 6.76. The molecule has 0 unspecified atom stereocenters. The minimum atomic E-state index is -0.316. The lowest BCUT2D eigenvalue weighted by Gasteiger charge is -2.06. The van der Waals surface area contributed by atoms with E-state index < -0.39 is 0 Å². The number of carbonyl (C=O) groups excluding carboxylic acids is 1. The van der Waals surface area contributed by atoms with Gasteiger partial charge in [0.05, 0.1) is 28.9 Å². The van der Waals surface area contributed by atoms with Crippen molar-refractivity contribution in [1.82, 2.24) is 0 Å². The number of halogens is 1. The highest BCUT2D eigenvalue weighted by atomic mass is 35.5. The molecule has 21 heavy (non-hydrogen) atoms. The number of rotatable bonds is 2.